The largest absolute Gasteiger partial charge is 0.462 e. The van der Waals surface area contributed by atoms with Gasteiger partial charge in [0.1, 0.15) is 11.5 Å². The Hall–Kier alpha value is -2.63. The van der Waals surface area contributed by atoms with E-state index in [1.54, 1.807) is 29.4 Å². The maximum atomic E-state index is 11.7. The van der Waals surface area contributed by atoms with Crippen LogP contribution in [-0.2, 0) is 4.79 Å². The molecule has 104 valence electrons. The summed E-state index contributed by atoms with van der Waals surface area (Å²) >= 11 is 0. The number of amides is 1. The van der Waals surface area contributed by atoms with Crippen molar-refractivity contribution in [2.24, 2.45) is 0 Å². The molecule has 0 fully saturated rings. The highest BCUT2D eigenvalue weighted by atomic mass is 16.3. The number of nitrogens with zero attached hydrogens (tertiary/aromatic N) is 3. The molecule has 2 heterocycles. The Morgan fingerprint density at radius 2 is 2.00 bits per heavy atom. The molecule has 0 spiro atoms. The second-order valence-electron chi connectivity index (χ2n) is 4.44. The molecule has 0 saturated heterocycles. The lowest BCUT2D eigenvalue weighted by molar-refractivity contribution is -0.111. The number of aryl methyl sites for hydroxylation is 1. The van der Waals surface area contributed by atoms with Gasteiger partial charge in [0, 0.05) is 20.2 Å². The van der Waals surface area contributed by atoms with Crippen molar-refractivity contribution < 1.29 is 9.21 Å². The fraction of sp³-hybridized carbons (Fsp3) is 0.214. The summed E-state index contributed by atoms with van der Waals surface area (Å²) in [6.07, 6.45) is 6.13. The molecule has 1 amide bonds. The number of carbonyl (C=O) groups excluding carboxylic acids is 1. The maximum absolute atomic E-state index is 11.7. The number of aromatic nitrogens is 2. The molecule has 0 radical (unpaired) electrons. The number of nitrogens with one attached hydrogen (secondary N) is 1. The van der Waals surface area contributed by atoms with Gasteiger partial charge in [-0.2, -0.15) is 0 Å². The van der Waals surface area contributed by atoms with Crippen molar-refractivity contribution in [2.75, 3.05) is 24.3 Å². The highest BCUT2D eigenvalue weighted by Crippen LogP contribution is 2.09. The van der Waals surface area contributed by atoms with Gasteiger partial charge in [-0.15, -0.1) is 0 Å². The van der Waals surface area contributed by atoms with E-state index in [9.17, 15) is 4.79 Å². The van der Waals surface area contributed by atoms with E-state index in [-0.39, 0.29) is 5.91 Å². The highest BCUT2D eigenvalue weighted by molar-refractivity contribution is 6.01. The Bertz CT molecular complexity index is 614. The summed E-state index contributed by atoms with van der Waals surface area (Å²) in [7, 11) is 3.70. The van der Waals surface area contributed by atoms with Crippen LogP contribution in [0.4, 0.5) is 11.6 Å². The SMILES string of the molecule is Cc1ccc(/C=C/C(=O)Nc2cnc(N(C)C)nc2)o1. The Labute approximate surface area is 117 Å². The first-order chi connectivity index (χ1) is 9.54. The molecule has 0 atom stereocenters. The van der Waals surface area contributed by atoms with Crippen molar-refractivity contribution in [3.05, 3.63) is 42.1 Å². The number of furan rings is 1. The van der Waals surface area contributed by atoms with E-state index in [1.165, 1.54) is 6.08 Å². The van der Waals surface area contributed by atoms with Crippen LogP contribution in [0.5, 0.6) is 0 Å². The molecule has 2 rings (SSSR count). The van der Waals surface area contributed by atoms with Crippen LogP contribution in [0.3, 0.4) is 0 Å². The Morgan fingerprint density at radius 1 is 1.30 bits per heavy atom. The Kier molecular flexibility index (Phi) is 4.14. The van der Waals surface area contributed by atoms with Gasteiger partial charge >= 0.3 is 0 Å². The summed E-state index contributed by atoms with van der Waals surface area (Å²) < 4.78 is 5.33. The Morgan fingerprint density at radius 3 is 2.55 bits per heavy atom. The van der Waals surface area contributed by atoms with Crippen LogP contribution in [0, 0.1) is 6.92 Å². The summed E-state index contributed by atoms with van der Waals surface area (Å²) in [5, 5.41) is 2.67. The molecule has 2 aromatic rings. The molecule has 0 bridgehead atoms. The summed E-state index contributed by atoms with van der Waals surface area (Å²) in [6, 6.07) is 3.64. The number of anilines is 2. The summed E-state index contributed by atoms with van der Waals surface area (Å²) in [5.41, 5.74) is 0.542. The van der Waals surface area contributed by atoms with Gasteiger partial charge in [0.15, 0.2) is 0 Å². The molecule has 0 aliphatic heterocycles. The second-order valence-corrected chi connectivity index (χ2v) is 4.44. The van der Waals surface area contributed by atoms with E-state index >= 15 is 0 Å². The second kappa shape index (κ2) is 6.01. The van der Waals surface area contributed by atoms with E-state index in [2.05, 4.69) is 15.3 Å². The van der Waals surface area contributed by atoms with Crippen LogP contribution >= 0.6 is 0 Å². The average Bonchev–Trinajstić information content (AvgIpc) is 2.83. The van der Waals surface area contributed by atoms with E-state index in [1.807, 2.05) is 27.1 Å². The predicted molar refractivity (Wildman–Crippen MR) is 77.5 cm³/mol. The van der Waals surface area contributed by atoms with Gasteiger partial charge in [0.25, 0.3) is 0 Å². The number of hydrogen-bond donors (Lipinski definition) is 1. The van der Waals surface area contributed by atoms with Crippen molar-refractivity contribution >= 4 is 23.6 Å². The minimum Gasteiger partial charge on any atom is -0.462 e. The predicted octanol–water partition coefficient (Wildman–Crippen LogP) is 2.10. The van der Waals surface area contributed by atoms with Crippen LogP contribution in [0.1, 0.15) is 11.5 Å². The average molecular weight is 272 g/mol. The first-order valence-corrected chi connectivity index (χ1v) is 6.09. The zero-order valence-corrected chi connectivity index (χ0v) is 11.6. The van der Waals surface area contributed by atoms with E-state index in [4.69, 9.17) is 4.42 Å². The summed E-state index contributed by atoms with van der Waals surface area (Å²) in [5.74, 6) is 1.76. The van der Waals surface area contributed by atoms with Gasteiger partial charge in [-0.1, -0.05) is 0 Å². The van der Waals surface area contributed by atoms with Crippen molar-refractivity contribution in [3.63, 3.8) is 0 Å². The lowest BCUT2D eigenvalue weighted by Gasteiger charge is -2.09. The van der Waals surface area contributed by atoms with Crippen molar-refractivity contribution in [1.29, 1.82) is 0 Å². The minimum atomic E-state index is -0.264. The lowest BCUT2D eigenvalue weighted by atomic mass is 10.3. The van der Waals surface area contributed by atoms with Crippen LogP contribution in [0.25, 0.3) is 6.08 Å². The molecule has 2 aromatic heterocycles. The normalized spacial score (nSPS) is 10.8. The zero-order valence-electron chi connectivity index (χ0n) is 11.6. The first kappa shape index (κ1) is 13.8. The molecule has 0 unspecified atom stereocenters. The fourth-order valence-corrected chi connectivity index (χ4v) is 1.50. The standard InChI is InChI=1S/C14H16N4O2/c1-10-4-5-12(20-10)6-7-13(19)17-11-8-15-14(16-9-11)18(2)3/h4-9H,1-3H3,(H,17,19)/b7-6+. The first-order valence-electron chi connectivity index (χ1n) is 6.09. The van der Waals surface area contributed by atoms with Crippen LogP contribution in [0.15, 0.2) is 35.0 Å². The maximum Gasteiger partial charge on any atom is 0.248 e. The van der Waals surface area contributed by atoms with E-state index in [0.29, 0.717) is 17.4 Å². The number of carbonyl (C=O) groups is 1. The molecular weight excluding hydrogens is 256 g/mol. The van der Waals surface area contributed by atoms with Gasteiger partial charge in [-0.25, -0.2) is 9.97 Å². The third-order valence-electron chi connectivity index (χ3n) is 2.47. The number of rotatable bonds is 4. The molecule has 0 aliphatic rings. The van der Waals surface area contributed by atoms with Crippen molar-refractivity contribution in [1.82, 2.24) is 9.97 Å². The highest BCUT2D eigenvalue weighted by Gasteiger charge is 2.02. The van der Waals surface area contributed by atoms with Crippen molar-refractivity contribution in [3.8, 4) is 0 Å². The monoisotopic (exact) mass is 272 g/mol. The fourth-order valence-electron chi connectivity index (χ4n) is 1.50. The summed E-state index contributed by atoms with van der Waals surface area (Å²) in [4.78, 5) is 21.7. The molecule has 20 heavy (non-hydrogen) atoms. The van der Waals surface area contributed by atoms with E-state index < -0.39 is 0 Å². The van der Waals surface area contributed by atoms with Gasteiger partial charge in [0.05, 0.1) is 18.1 Å². The van der Waals surface area contributed by atoms with Gasteiger partial charge < -0.3 is 14.6 Å². The third kappa shape index (κ3) is 3.68. The molecule has 0 aliphatic carbocycles. The molecule has 6 nitrogen and oxygen atoms in total. The third-order valence-corrected chi connectivity index (χ3v) is 2.47. The van der Waals surface area contributed by atoms with Crippen LogP contribution in [0.2, 0.25) is 0 Å². The molecular formula is C14H16N4O2. The topological polar surface area (TPSA) is 71.3 Å². The van der Waals surface area contributed by atoms with Gasteiger partial charge in [-0.3, -0.25) is 4.79 Å². The number of hydrogen-bond acceptors (Lipinski definition) is 5. The molecule has 1 N–H and O–H groups in total. The lowest BCUT2D eigenvalue weighted by Crippen LogP contribution is -2.13. The molecule has 0 aromatic carbocycles. The molecule has 0 saturated carbocycles. The van der Waals surface area contributed by atoms with Gasteiger partial charge in [0.2, 0.25) is 11.9 Å². The Balaban J connectivity index is 1.95. The summed E-state index contributed by atoms with van der Waals surface area (Å²) in [6.45, 7) is 1.85. The minimum absolute atomic E-state index is 0.264. The van der Waals surface area contributed by atoms with E-state index in [0.717, 1.165) is 5.76 Å². The van der Waals surface area contributed by atoms with Crippen LogP contribution < -0.4 is 10.2 Å². The van der Waals surface area contributed by atoms with Crippen LogP contribution in [-0.4, -0.2) is 30.0 Å². The smallest absolute Gasteiger partial charge is 0.248 e. The quantitative estimate of drug-likeness (QED) is 0.863. The van der Waals surface area contributed by atoms with Crippen molar-refractivity contribution in [2.45, 2.75) is 6.92 Å². The molecule has 6 heteroatoms. The zero-order chi connectivity index (χ0) is 14.5. The van der Waals surface area contributed by atoms with Gasteiger partial charge in [-0.05, 0) is 25.1 Å².